The van der Waals surface area contributed by atoms with Crippen LogP contribution in [0.25, 0.3) is 52.9 Å². The second-order valence-electron chi connectivity index (χ2n) is 9.18. The van der Waals surface area contributed by atoms with E-state index in [0.29, 0.717) is 24.4 Å². The average molecular weight is 603 g/mol. The minimum atomic E-state index is -1.20. The number of nitriles is 4. The number of halogens is 4. The summed E-state index contributed by atoms with van der Waals surface area (Å²) in [6.07, 6.45) is 0.511. The van der Waals surface area contributed by atoms with Gasteiger partial charge in [-0.25, -0.2) is 48.1 Å². The Labute approximate surface area is 256 Å². The SMILES string of the molecule is [C-]#[N+]C1=C(c2cc(F)c([N+]#[C-])cc2F)/C(=C(/C#N)[N+]#[C-])c2cc3c(c(C#N)c21)C(C#N)=C(c1cc(F)ncc1F)/C3=C(\C#N)[N+]#[C-]. The lowest BCUT2D eigenvalue weighted by molar-refractivity contribution is 0.558. The number of pyridine rings is 1. The fourth-order valence-electron chi connectivity index (χ4n) is 5.40. The zero-order chi connectivity index (χ0) is 33.4. The van der Waals surface area contributed by atoms with Crippen molar-refractivity contribution in [2.45, 2.75) is 0 Å². The quantitative estimate of drug-likeness (QED) is 0.129. The Morgan fingerprint density at radius 1 is 0.652 bits per heavy atom. The first-order valence-electron chi connectivity index (χ1n) is 12.3. The lowest BCUT2D eigenvalue weighted by atomic mass is 9.88. The summed E-state index contributed by atoms with van der Waals surface area (Å²) < 4.78 is 59.7. The van der Waals surface area contributed by atoms with Crippen LogP contribution in [-0.2, 0) is 0 Å². The topological polar surface area (TPSA) is 125 Å². The van der Waals surface area contributed by atoms with E-state index >= 15 is 8.78 Å². The molecule has 210 valence electrons. The van der Waals surface area contributed by atoms with Crippen LogP contribution in [-0.4, -0.2) is 4.98 Å². The molecule has 2 aliphatic rings. The van der Waals surface area contributed by atoms with Crippen LogP contribution < -0.4 is 0 Å². The van der Waals surface area contributed by atoms with E-state index in [9.17, 15) is 29.8 Å². The molecule has 1 aromatic heterocycles. The van der Waals surface area contributed by atoms with Gasteiger partial charge in [0.25, 0.3) is 11.4 Å². The highest BCUT2D eigenvalue weighted by Crippen LogP contribution is 2.57. The van der Waals surface area contributed by atoms with Crippen LogP contribution in [0.2, 0.25) is 0 Å². The van der Waals surface area contributed by atoms with Gasteiger partial charge in [0.15, 0.2) is 0 Å². The molecule has 9 nitrogen and oxygen atoms in total. The van der Waals surface area contributed by atoms with E-state index in [0.717, 1.165) is 6.07 Å². The zero-order valence-electron chi connectivity index (χ0n) is 22.4. The third-order valence-corrected chi connectivity index (χ3v) is 7.10. The molecule has 0 saturated heterocycles. The van der Waals surface area contributed by atoms with Gasteiger partial charge in [-0.05, 0) is 40.5 Å². The summed E-state index contributed by atoms with van der Waals surface area (Å²) in [5, 5.41) is 40.5. The second-order valence-corrected chi connectivity index (χ2v) is 9.18. The van der Waals surface area contributed by atoms with E-state index in [1.165, 1.54) is 0 Å². The third-order valence-electron chi connectivity index (χ3n) is 7.10. The predicted octanol–water partition coefficient (Wildman–Crippen LogP) is 7.62. The molecule has 0 aliphatic heterocycles. The molecule has 46 heavy (non-hydrogen) atoms. The van der Waals surface area contributed by atoms with Gasteiger partial charge in [-0.3, -0.25) is 0 Å². The second kappa shape index (κ2) is 11.1. The van der Waals surface area contributed by atoms with Gasteiger partial charge in [0.05, 0.1) is 61.8 Å². The molecule has 0 spiro atoms. The molecule has 0 bridgehead atoms. The molecule has 0 amide bonds. The van der Waals surface area contributed by atoms with Crippen molar-refractivity contribution in [1.29, 1.82) is 21.0 Å². The van der Waals surface area contributed by atoms with Crippen LogP contribution in [0.15, 0.2) is 41.9 Å². The van der Waals surface area contributed by atoms with Gasteiger partial charge >= 0.3 is 0 Å². The van der Waals surface area contributed by atoms with Crippen molar-refractivity contribution in [2.24, 2.45) is 0 Å². The molecule has 3 aromatic rings. The standard InChI is InChI=1S/C33H5F4N9/c1-42-23-8-20(34)14(6-21(23)35)32-31(25(12-41)44-3)17-5-16-27(19(10-39)29(17)33(32)45-4)18(9-38)28(30(16)24(11-40)43-2)15-7-26(37)46-13-22(15)36/h5-8,13H/b30-24+,31-25-. The highest BCUT2D eigenvalue weighted by Gasteiger charge is 2.41. The molecule has 0 unspecified atom stereocenters. The number of nitrogens with zero attached hydrogens (tertiary/aromatic N) is 9. The van der Waals surface area contributed by atoms with Crippen LogP contribution in [0.3, 0.4) is 0 Å². The minimum absolute atomic E-state index is 0.216. The predicted molar refractivity (Wildman–Crippen MR) is 152 cm³/mol. The monoisotopic (exact) mass is 603 g/mol. The molecule has 1 heterocycles. The number of hydrogen-bond donors (Lipinski definition) is 0. The van der Waals surface area contributed by atoms with Gasteiger partial charge in [0, 0.05) is 39.5 Å². The fourth-order valence-corrected chi connectivity index (χ4v) is 5.40. The summed E-state index contributed by atoms with van der Waals surface area (Å²) in [5.74, 6) is -4.71. The van der Waals surface area contributed by atoms with E-state index in [2.05, 4.69) is 24.4 Å². The van der Waals surface area contributed by atoms with E-state index in [4.69, 9.17) is 26.3 Å². The van der Waals surface area contributed by atoms with Crippen LogP contribution in [0.4, 0.5) is 23.2 Å². The van der Waals surface area contributed by atoms with Crippen molar-refractivity contribution in [2.75, 3.05) is 0 Å². The molecule has 0 radical (unpaired) electrons. The van der Waals surface area contributed by atoms with Crippen LogP contribution in [0.1, 0.15) is 38.9 Å². The van der Waals surface area contributed by atoms with Crippen molar-refractivity contribution in [3.05, 3.63) is 150 Å². The van der Waals surface area contributed by atoms with Crippen molar-refractivity contribution >= 4 is 39.2 Å². The molecule has 0 N–H and O–H groups in total. The van der Waals surface area contributed by atoms with E-state index in [1.54, 1.807) is 18.2 Å². The van der Waals surface area contributed by atoms with E-state index < -0.39 is 90.7 Å². The van der Waals surface area contributed by atoms with Gasteiger partial charge in [-0.2, -0.15) is 14.9 Å². The summed E-state index contributed by atoms with van der Waals surface area (Å²) >= 11 is 0. The van der Waals surface area contributed by atoms with Crippen molar-refractivity contribution in [1.82, 2.24) is 4.98 Å². The molecular formula is C33H5F4N9. The summed E-state index contributed by atoms with van der Waals surface area (Å²) in [6, 6.07) is 9.84. The third kappa shape index (κ3) is 4.05. The first kappa shape index (κ1) is 29.7. The van der Waals surface area contributed by atoms with Gasteiger partial charge in [0.1, 0.15) is 23.5 Å². The summed E-state index contributed by atoms with van der Waals surface area (Å²) in [7, 11) is 0. The van der Waals surface area contributed by atoms with E-state index in [-0.39, 0.29) is 22.3 Å². The van der Waals surface area contributed by atoms with Crippen LogP contribution in [0.5, 0.6) is 0 Å². The summed E-state index contributed by atoms with van der Waals surface area (Å²) in [4.78, 5) is 15.9. The number of rotatable bonds is 2. The molecule has 2 aliphatic carbocycles. The molecule has 13 heteroatoms. The molecular weight excluding hydrogens is 598 g/mol. The maximum atomic E-state index is 15.5. The lowest BCUT2D eigenvalue weighted by Crippen LogP contribution is -1.99. The lowest BCUT2D eigenvalue weighted by Gasteiger charge is -2.14. The first-order valence-corrected chi connectivity index (χ1v) is 12.3. The Morgan fingerprint density at radius 3 is 1.80 bits per heavy atom. The molecule has 2 aromatic carbocycles. The summed E-state index contributed by atoms with van der Waals surface area (Å²) in [6.45, 7) is 30.2. The Balaban J connectivity index is 2.06. The number of hydrogen-bond acceptors (Lipinski definition) is 5. The van der Waals surface area contributed by atoms with Crippen LogP contribution in [0, 0.1) is 95.0 Å². The Hall–Kier alpha value is -7.81. The number of benzene rings is 2. The van der Waals surface area contributed by atoms with Gasteiger partial charge < -0.3 is 0 Å². The number of fused-ring (bicyclic) bond motifs is 2. The van der Waals surface area contributed by atoms with Crippen molar-refractivity contribution < 1.29 is 17.6 Å². The van der Waals surface area contributed by atoms with Gasteiger partial charge in [-0.1, -0.05) is 0 Å². The molecule has 0 saturated carbocycles. The maximum absolute atomic E-state index is 15.5. The molecule has 5 rings (SSSR count). The van der Waals surface area contributed by atoms with Gasteiger partial charge in [0.2, 0.25) is 17.3 Å². The van der Waals surface area contributed by atoms with E-state index in [1.807, 2.05) is 6.07 Å². The zero-order valence-corrected chi connectivity index (χ0v) is 22.4. The smallest absolute Gasteiger partial charge is 0.237 e. The highest BCUT2D eigenvalue weighted by molar-refractivity contribution is 6.30. The number of aromatic nitrogens is 1. The highest BCUT2D eigenvalue weighted by atomic mass is 19.1. The number of allylic oxidation sites excluding steroid dienone is 7. The minimum Gasteiger partial charge on any atom is -0.237 e. The first-order chi connectivity index (χ1) is 22.1. The fraction of sp³-hybridized carbons (Fsp3) is 0. The molecule has 0 atom stereocenters. The van der Waals surface area contributed by atoms with Crippen LogP contribution >= 0.6 is 0 Å². The Bertz CT molecular complexity index is 2460. The van der Waals surface area contributed by atoms with Crippen molar-refractivity contribution in [3.63, 3.8) is 0 Å². The Morgan fingerprint density at radius 2 is 1.26 bits per heavy atom. The van der Waals surface area contributed by atoms with Gasteiger partial charge in [-0.15, -0.1) is 0 Å². The normalized spacial score (nSPS) is 14.7. The Kier molecular flexibility index (Phi) is 7.17. The largest absolute Gasteiger partial charge is 0.270 e. The maximum Gasteiger partial charge on any atom is 0.270 e. The summed E-state index contributed by atoms with van der Waals surface area (Å²) in [5.41, 5.74) is -7.57. The average Bonchev–Trinajstić information content (AvgIpc) is 3.55. The molecule has 0 fully saturated rings. The van der Waals surface area contributed by atoms with Crippen molar-refractivity contribution in [3.8, 4) is 24.3 Å².